The quantitative estimate of drug-likeness (QED) is 0.225. The van der Waals surface area contributed by atoms with Crippen molar-refractivity contribution in [3.05, 3.63) is 106 Å². The standard InChI is InChI=1S/C35H38N4O4S/c40-32(36-15-8-16-39-17-19-43-20-18-39)29(21-25-9-2-1-3-10-25)37-34(42)35(23-27-12-4-5-13-28(27)24-35)38-33(41)31-22-26-11-6-7-14-30(26)44-31/h1-7,9-14,22,29H,8,15-21,23-24H2,(H,36,40)(H,37,42)(H,38,41)/t29-/m1/s1. The number of nitrogens with zero attached hydrogens (tertiary/aromatic N) is 1. The molecule has 1 aromatic heterocycles. The molecule has 2 heterocycles. The average Bonchev–Trinajstić information content (AvgIpc) is 3.66. The molecule has 1 aliphatic carbocycles. The number of hydrogen-bond acceptors (Lipinski definition) is 6. The Morgan fingerprint density at radius 2 is 1.57 bits per heavy atom. The molecule has 44 heavy (non-hydrogen) atoms. The van der Waals surface area contributed by atoms with Crippen molar-refractivity contribution in [1.29, 1.82) is 0 Å². The number of nitrogens with one attached hydrogen (secondary N) is 3. The van der Waals surface area contributed by atoms with Crippen molar-refractivity contribution in [1.82, 2.24) is 20.9 Å². The van der Waals surface area contributed by atoms with Gasteiger partial charge in [0.1, 0.15) is 11.6 Å². The number of thiophene rings is 1. The van der Waals surface area contributed by atoms with Crippen molar-refractivity contribution >= 4 is 39.1 Å². The maximum absolute atomic E-state index is 14.3. The van der Waals surface area contributed by atoms with Crippen LogP contribution in [0.1, 0.15) is 32.8 Å². The van der Waals surface area contributed by atoms with Gasteiger partial charge >= 0.3 is 0 Å². The van der Waals surface area contributed by atoms with E-state index in [4.69, 9.17) is 4.74 Å². The molecule has 0 unspecified atom stereocenters. The van der Waals surface area contributed by atoms with Gasteiger partial charge in [-0.15, -0.1) is 11.3 Å². The summed E-state index contributed by atoms with van der Waals surface area (Å²) in [6.45, 7) is 4.67. The number of fused-ring (bicyclic) bond motifs is 2. The van der Waals surface area contributed by atoms with Gasteiger partial charge in [-0.05, 0) is 47.2 Å². The Morgan fingerprint density at radius 1 is 0.886 bits per heavy atom. The highest BCUT2D eigenvalue weighted by Gasteiger charge is 2.46. The van der Waals surface area contributed by atoms with Crippen LogP contribution < -0.4 is 16.0 Å². The minimum atomic E-state index is -1.22. The highest BCUT2D eigenvalue weighted by atomic mass is 32.1. The second-order valence-electron chi connectivity index (χ2n) is 11.6. The highest BCUT2D eigenvalue weighted by molar-refractivity contribution is 7.20. The molecule has 3 amide bonds. The van der Waals surface area contributed by atoms with Gasteiger partial charge in [-0.1, -0.05) is 72.8 Å². The molecule has 8 nitrogen and oxygen atoms in total. The number of ether oxygens (including phenoxy) is 1. The summed E-state index contributed by atoms with van der Waals surface area (Å²) in [4.78, 5) is 44.4. The van der Waals surface area contributed by atoms with E-state index in [2.05, 4.69) is 20.9 Å². The first-order chi connectivity index (χ1) is 21.5. The smallest absolute Gasteiger partial charge is 0.262 e. The van der Waals surface area contributed by atoms with E-state index in [0.717, 1.165) is 66.0 Å². The molecule has 0 bridgehead atoms. The predicted octanol–water partition coefficient (Wildman–Crippen LogP) is 3.73. The predicted molar refractivity (Wildman–Crippen MR) is 173 cm³/mol. The van der Waals surface area contributed by atoms with E-state index in [1.807, 2.05) is 84.9 Å². The van der Waals surface area contributed by atoms with Crippen LogP contribution in [0.2, 0.25) is 0 Å². The van der Waals surface area contributed by atoms with Gasteiger partial charge in [0.2, 0.25) is 11.8 Å². The topological polar surface area (TPSA) is 99.8 Å². The number of carbonyl (C=O) groups is 3. The minimum absolute atomic E-state index is 0.231. The lowest BCUT2D eigenvalue weighted by Gasteiger charge is -2.31. The maximum atomic E-state index is 14.3. The molecule has 0 radical (unpaired) electrons. The number of benzene rings is 3. The van der Waals surface area contributed by atoms with Crippen molar-refractivity contribution in [3.63, 3.8) is 0 Å². The lowest BCUT2D eigenvalue weighted by molar-refractivity contribution is -0.132. The lowest BCUT2D eigenvalue weighted by atomic mass is 9.92. The number of rotatable bonds is 11. The number of amides is 3. The molecule has 4 aromatic rings. The summed E-state index contributed by atoms with van der Waals surface area (Å²) in [5, 5.41) is 10.2. The summed E-state index contributed by atoms with van der Waals surface area (Å²) >= 11 is 1.41. The van der Waals surface area contributed by atoms with Crippen LogP contribution in [-0.4, -0.2) is 73.6 Å². The monoisotopic (exact) mass is 610 g/mol. The van der Waals surface area contributed by atoms with Crippen LogP contribution in [-0.2, 0) is 33.6 Å². The van der Waals surface area contributed by atoms with E-state index < -0.39 is 11.6 Å². The van der Waals surface area contributed by atoms with E-state index in [1.165, 1.54) is 11.3 Å². The van der Waals surface area contributed by atoms with E-state index in [0.29, 0.717) is 30.7 Å². The SMILES string of the molecule is O=C(NC1(C(=O)N[C@H](Cc2ccccc2)C(=O)NCCCN2CCOCC2)Cc2ccccc2C1)c1cc2ccccc2s1. The maximum Gasteiger partial charge on any atom is 0.262 e. The molecular weight excluding hydrogens is 572 g/mol. The minimum Gasteiger partial charge on any atom is -0.379 e. The lowest BCUT2D eigenvalue weighted by Crippen LogP contribution is -2.63. The van der Waals surface area contributed by atoms with Crippen molar-refractivity contribution < 1.29 is 19.1 Å². The van der Waals surface area contributed by atoms with Crippen LogP contribution >= 0.6 is 11.3 Å². The first-order valence-electron chi connectivity index (χ1n) is 15.3. The van der Waals surface area contributed by atoms with Crippen LogP contribution in [0, 0.1) is 0 Å². The van der Waals surface area contributed by atoms with E-state index in [-0.39, 0.29) is 17.7 Å². The van der Waals surface area contributed by atoms with Crippen molar-refractivity contribution in [2.24, 2.45) is 0 Å². The largest absolute Gasteiger partial charge is 0.379 e. The summed E-state index contributed by atoms with van der Waals surface area (Å²) < 4.78 is 6.44. The van der Waals surface area contributed by atoms with E-state index in [1.54, 1.807) is 0 Å². The molecule has 1 atom stereocenters. The Balaban J connectivity index is 1.19. The molecule has 0 spiro atoms. The Hall–Kier alpha value is -4.05. The van der Waals surface area contributed by atoms with E-state index >= 15 is 0 Å². The third kappa shape index (κ3) is 7.01. The van der Waals surface area contributed by atoms with E-state index in [9.17, 15) is 14.4 Å². The molecule has 6 rings (SSSR count). The molecule has 1 saturated heterocycles. The Kier molecular flexibility index (Phi) is 9.35. The number of hydrogen-bond donors (Lipinski definition) is 3. The third-order valence-corrected chi connectivity index (χ3v) is 9.61. The molecule has 2 aliphatic rings. The zero-order chi connectivity index (χ0) is 30.4. The molecular formula is C35H38N4O4S. The molecule has 3 N–H and O–H groups in total. The van der Waals surface area contributed by atoms with Gasteiger partial charge in [0.25, 0.3) is 5.91 Å². The highest BCUT2D eigenvalue weighted by Crippen LogP contribution is 2.32. The Bertz CT molecular complexity index is 1560. The zero-order valence-electron chi connectivity index (χ0n) is 24.7. The van der Waals surface area contributed by atoms with Crippen LogP contribution in [0.3, 0.4) is 0 Å². The Morgan fingerprint density at radius 3 is 2.30 bits per heavy atom. The molecule has 0 saturated carbocycles. The normalized spacial score (nSPS) is 16.6. The van der Waals surface area contributed by atoms with Crippen molar-refractivity contribution in [2.75, 3.05) is 39.4 Å². The molecule has 228 valence electrons. The summed E-state index contributed by atoms with van der Waals surface area (Å²) in [6, 6.07) is 26.5. The number of carbonyl (C=O) groups excluding carboxylic acids is 3. The van der Waals surface area contributed by atoms with Crippen LogP contribution in [0.5, 0.6) is 0 Å². The summed E-state index contributed by atoms with van der Waals surface area (Å²) in [5.41, 5.74) is 1.76. The third-order valence-electron chi connectivity index (χ3n) is 8.50. The fourth-order valence-corrected chi connectivity index (χ4v) is 7.07. The zero-order valence-corrected chi connectivity index (χ0v) is 25.5. The summed E-state index contributed by atoms with van der Waals surface area (Å²) in [6.07, 6.45) is 1.85. The van der Waals surface area contributed by atoms with Gasteiger partial charge < -0.3 is 20.7 Å². The molecule has 1 fully saturated rings. The summed E-state index contributed by atoms with van der Waals surface area (Å²) in [7, 11) is 0. The first-order valence-corrected chi connectivity index (χ1v) is 16.1. The van der Waals surface area contributed by atoms with Crippen molar-refractivity contribution in [2.45, 2.75) is 37.3 Å². The van der Waals surface area contributed by atoms with Crippen LogP contribution in [0.4, 0.5) is 0 Å². The molecule has 1 aliphatic heterocycles. The van der Waals surface area contributed by atoms with Gasteiger partial charge in [0.05, 0.1) is 18.1 Å². The van der Waals surface area contributed by atoms with Gasteiger partial charge in [0, 0.05) is 43.6 Å². The fourth-order valence-electron chi connectivity index (χ4n) is 6.11. The van der Waals surface area contributed by atoms with Crippen molar-refractivity contribution in [3.8, 4) is 0 Å². The van der Waals surface area contributed by atoms with Gasteiger partial charge in [-0.2, -0.15) is 0 Å². The first kappa shape index (κ1) is 30.0. The molecule has 9 heteroatoms. The second kappa shape index (κ2) is 13.7. The number of morpholine rings is 1. The van der Waals surface area contributed by atoms with Gasteiger partial charge in [0.15, 0.2) is 0 Å². The average molecular weight is 611 g/mol. The molecule has 3 aromatic carbocycles. The van der Waals surface area contributed by atoms with Crippen LogP contribution in [0.15, 0.2) is 84.9 Å². The van der Waals surface area contributed by atoms with Gasteiger partial charge in [-0.3, -0.25) is 19.3 Å². The van der Waals surface area contributed by atoms with Gasteiger partial charge in [-0.25, -0.2) is 0 Å². The fraction of sp³-hybridized carbons (Fsp3) is 0.343. The Labute approximate surface area is 261 Å². The summed E-state index contributed by atoms with van der Waals surface area (Å²) in [5.74, 6) is -0.875. The van der Waals surface area contributed by atoms with Crippen LogP contribution in [0.25, 0.3) is 10.1 Å². The second-order valence-corrected chi connectivity index (χ2v) is 12.7.